The molecule has 1 heterocycles. The lowest BCUT2D eigenvalue weighted by molar-refractivity contribution is -0.138. The number of rotatable bonds is 4. The predicted molar refractivity (Wildman–Crippen MR) is 104 cm³/mol. The first-order valence-corrected chi connectivity index (χ1v) is 8.86. The summed E-state index contributed by atoms with van der Waals surface area (Å²) in [4.78, 5) is 25.2. The molecule has 0 spiro atoms. The van der Waals surface area contributed by atoms with Crippen molar-refractivity contribution in [2.24, 2.45) is 0 Å². The van der Waals surface area contributed by atoms with E-state index >= 15 is 0 Å². The minimum Gasteiger partial charge on any atom is -0.506 e. The molecule has 0 unspecified atom stereocenters. The van der Waals surface area contributed by atoms with Crippen LogP contribution in [0.1, 0.15) is 18.1 Å². The van der Waals surface area contributed by atoms with Crippen molar-refractivity contribution >= 4 is 46.5 Å². The first-order valence-electron chi connectivity index (χ1n) is 8.10. The van der Waals surface area contributed by atoms with Crippen molar-refractivity contribution in [3.63, 3.8) is 0 Å². The molecule has 0 bridgehead atoms. The molecular formula is C20H15Cl2NO4. The molecule has 1 aliphatic rings. The van der Waals surface area contributed by atoms with Gasteiger partial charge in [0.2, 0.25) is 0 Å². The number of nitrogens with one attached hydrogen (secondary N) is 1. The van der Waals surface area contributed by atoms with Gasteiger partial charge in [-0.25, -0.2) is 4.79 Å². The average molecular weight is 404 g/mol. The lowest BCUT2D eigenvalue weighted by Crippen LogP contribution is -2.17. The number of benzene rings is 2. The number of aliphatic hydroxyl groups is 1. The lowest BCUT2D eigenvalue weighted by Gasteiger charge is -2.09. The van der Waals surface area contributed by atoms with Gasteiger partial charge in [0.25, 0.3) is 5.91 Å². The Bertz CT molecular complexity index is 960. The molecule has 0 saturated carbocycles. The summed E-state index contributed by atoms with van der Waals surface area (Å²) in [7, 11) is 0. The number of esters is 1. The molecule has 2 N–H and O–H groups in total. The van der Waals surface area contributed by atoms with E-state index in [-0.39, 0.29) is 29.2 Å². The molecule has 0 atom stereocenters. The number of aliphatic hydroxyl groups excluding tert-OH is 1. The summed E-state index contributed by atoms with van der Waals surface area (Å²) in [5.41, 5.74) is 0.987. The third-order valence-corrected chi connectivity index (χ3v) is 4.44. The summed E-state index contributed by atoms with van der Waals surface area (Å²) < 4.78 is 5.10. The molecule has 1 aliphatic heterocycles. The van der Waals surface area contributed by atoms with E-state index in [1.165, 1.54) is 0 Å². The molecule has 7 heteroatoms. The third-order valence-electron chi connectivity index (χ3n) is 3.93. The molecule has 5 nitrogen and oxygen atoms in total. The van der Waals surface area contributed by atoms with Gasteiger partial charge in [0.05, 0.1) is 17.9 Å². The van der Waals surface area contributed by atoms with E-state index in [0.717, 1.165) is 0 Å². The van der Waals surface area contributed by atoms with Gasteiger partial charge in [0.15, 0.2) is 0 Å². The van der Waals surface area contributed by atoms with E-state index < -0.39 is 11.9 Å². The molecule has 0 radical (unpaired) electrons. The Morgan fingerprint density at radius 1 is 1.04 bits per heavy atom. The van der Waals surface area contributed by atoms with Crippen molar-refractivity contribution in [2.75, 3.05) is 6.61 Å². The fraction of sp³-hybridized carbons (Fsp3) is 0.100. The van der Waals surface area contributed by atoms with Crippen LogP contribution in [0.25, 0.3) is 11.5 Å². The zero-order chi connectivity index (χ0) is 19.6. The maximum absolute atomic E-state index is 12.6. The van der Waals surface area contributed by atoms with Gasteiger partial charge in [0.1, 0.15) is 11.3 Å². The van der Waals surface area contributed by atoms with Crippen LogP contribution in [-0.4, -0.2) is 23.6 Å². The van der Waals surface area contributed by atoms with Crippen molar-refractivity contribution in [1.29, 1.82) is 0 Å². The number of ether oxygens (including phenoxy) is 1. The Balaban J connectivity index is 2.20. The third kappa shape index (κ3) is 3.84. The zero-order valence-electron chi connectivity index (χ0n) is 14.3. The van der Waals surface area contributed by atoms with Crippen LogP contribution in [-0.2, 0) is 14.3 Å². The van der Waals surface area contributed by atoms with Crippen LogP contribution in [0, 0.1) is 0 Å². The van der Waals surface area contributed by atoms with Crippen LogP contribution in [0.5, 0.6) is 0 Å². The fourth-order valence-electron chi connectivity index (χ4n) is 2.70. The molecule has 138 valence electrons. The van der Waals surface area contributed by atoms with Gasteiger partial charge in [-0.3, -0.25) is 4.79 Å². The first kappa shape index (κ1) is 19.0. The Hall–Kier alpha value is -2.76. The van der Waals surface area contributed by atoms with E-state index in [1.807, 2.05) is 0 Å². The number of carbonyl (C=O) groups excluding carboxylic acids is 2. The van der Waals surface area contributed by atoms with Crippen LogP contribution in [0.15, 0.2) is 59.7 Å². The molecular weight excluding hydrogens is 389 g/mol. The monoisotopic (exact) mass is 403 g/mol. The highest BCUT2D eigenvalue weighted by Gasteiger charge is 2.36. The Morgan fingerprint density at radius 2 is 1.59 bits per heavy atom. The second-order valence-electron chi connectivity index (χ2n) is 5.66. The Morgan fingerprint density at radius 3 is 2.15 bits per heavy atom. The van der Waals surface area contributed by atoms with Crippen LogP contribution in [0.3, 0.4) is 0 Å². The molecule has 27 heavy (non-hydrogen) atoms. The highest BCUT2D eigenvalue weighted by atomic mass is 35.5. The Labute approximate surface area is 165 Å². The number of halogens is 2. The number of amides is 1. The molecule has 0 saturated heterocycles. The predicted octanol–water partition coefficient (Wildman–Crippen LogP) is 4.37. The average Bonchev–Trinajstić information content (AvgIpc) is 3.00. The van der Waals surface area contributed by atoms with Crippen molar-refractivity contribution in [3.05, 3.63) is 80.8 Å². The van der Waals surface area contributed by atoms with E-state index in [9.17, 15) is 14.7 Å². The zero-order valence-corrected chi connectivity index (χ0v) is 15.8. The summed E-state index contributed by atoms with van der Waals surface area (Å²) >= 11 is 11.8. The van der Waals surface area contributed by atoms with E-state index in [2.05, 4.69) is 5.32 Å². The molecule has 0 aromatic heterocycles. The summed E-state index contributed by atoms with van der Waals surface area (Å²) in [5.74, 6) is -1.65. The number of carbonyl (C=O) groups is 2. The first-order chi connectivity index (χ1) is 12.9. The summed E-state index contributed by atoms with van der Waals surface area (Å²) in [6, 6.07) is 12.9. The quantitative estimate of drug-likeness (QED) is 0.451. The van der Waals surface area contributed by atoms with Gasteiger partial charge < -0.3 is 15.2 Å². The molecule has 2 aromatic rings. The van der Waals surface area contributed by atoms with Gasteiger partial charge in [-0.15, -0.1) is 0 Å². The second kappa shape index (κ2) is 7.86. The SMILES string of the molecule is CCOC(=O)C1=C(c2ccc(Cl)cc2)NC(=O)/C1=C(/O)c1ccc(Cl)cc1. The molecule has 2 aromatic carbocycles. The van der Waals surface area contributed by atoms with E-state index in [1.54, 1.807) is 55.5 Å². The van der Waals surface area contributed by atoms with Crippen LogP contribution in [0.4, 0.5) is 0 Å². The van der Waals surface area contributed by atoms with Crippen LogP contribution in [0.2, 0.25) is 10.0 Å². The number of hydrogen-bond acceptors (Lipinski definition) is 4. The maximum Gasteiger partial charge on any atom is 0.341 e. The second-order valence-corrected chi connectivity index (χ2v) is 6.53. The molecule has 0 fully saturated rings. The largest absolute Gasteiger partial charge is 0.506 e. The Kier molecular flexibility index (Phi) is 5.54. The van der Waals surface area contributed by atoms with Crippen LogP contribution < -0.4 is 5.32 Å². The molecule has 0 aliphatic carbocycles. The van der Waals surface area contributed by atoms with Crippen LogP contribution >= 0.6 is 23.2 Å². The summed E-state index contributed by atoms with van der Waals surface area (Å²) in [6.45, 7) is 1.78. The normalized spacial score (nSPS) is 15.6. The standard InChI is InChI=1S/C20H15Cl2NO4/c1-2-27-20(26)15-16(18(24)12-5-9-14(22)10-6-12)19(25)23-17(15)11-3-7-13(21)8-4-11/h3-10,24H,2H2,1H3,(H,23,25)/b18-16+. The van der Waals surface area contributed by atoms with Crippen molar-refractivity contribution < 1.29 is 19.4 Å². The lowest BCUT2D eigenvalue weighted by atomic mass is 9.99. The van der Waals surface area contributed by atoms with E-state index in [4.69, 9.17) is 27.9 Å². The smallest absolute Gasteiger partial charge is 0.341 e. The highest BCUT2D eigenvalue weighted by Crippen LogP contribution is 2.34. The number of hydrogen-bond donors (Lipinski definition) is 2. The van der Waals surface area contributed by atoms with Gasteiger partial charge in [0, 0.05) is 15.6 Å². The van der Waals surface area contributed by atoms with Gasteiger partial charge in [-0.2, -0.15) is 0 Å². The molecule has 1 amide bonds. The van der Waals surface area contributed by atoms with E-state index in [0.29, 0.717) is 21.2 Å². The van der Waals surface area contributed by atoms with Gasteiger partial charge in [-0.05, 0) is 48.9 Å². The van der Waals surface area contributed by atoms with Crippen molar-refractivity contribution in [3.8, 4) is 0 Å². The van der Waals surface area contributed by atoms with Gasteiger partial charge >= 0.3 is 5.97 Å². The minimum absolute atomic E-state index is 0.0309. The maximum atomic E-state index is 12.6. The minimum atomic E-state index is -0.712. The topological polar surface area (TPSA) is 75.6 Å². The fourth-order valence-corrected chi connectivity index (χ4v) is 2.95. The highest BCUT2D eigenvalue weighted by molar-refractivity contribution is 6.31. The van der Waals surface area contributed by atoms with Gasteiger partial charge in [-0.1, -0.05) is 35.3 Å². The van der Waals surface area contributed by atoms with Crippen molar-refractivity contribution in [1.82, 2.24) is 5.32 Å². The summed E-state index contributed by atoms with van der Waals surface area (Å²) in [5, 5.41) is 14.3. The molecule has 3 rings (SSSR count). The summed E-state index contributed by atoms with van der Waals surface area (Å²) in [6.07, 6.45) is 0. The van der Waals surface area contributed by atoms with Crippen molar-refractivity contribution in [2.45, 2.75) is 6.92 Å².